The molecule has 3 N–H and O–H groups in total. The molecule has 7 heteroatoms. The lowest BCUT2D eigenvalue weighted by Gasteiger charge is -2.26. The van der Waals surface area contributed by atoms with E-state index >= 15 is 0 Å². The number of rotatable bonds is 8. The van der Waals surface area contributed by atoms with E-state index in [0.717, 1.165) is 78.7 Å². The first-order valence-electron chi connectivity index (χ1n) is 10.0. The van der Waals surface area contributed by atoms with Gasteiger partial charge in [0.05, 0.1) is 33.0 Å². The first-order valence-corrected chi connectivity index (χ1v) is 10.0. The highest BCUT2D eigenvalue weighted by molar-refractivity contribution is 5.77. The molecule has 2 heterocycles. The molecular formula is C20H33N5O2. The number of nitrogens with one attached hydrogen (secondary N) is 1. The standard InChI is InChI=1S/C20H33N5O2/c21-20(22-5-2-6-24-7-11-26-12-8-24)23-16-18-3-1-4-19(15-18)17-25-9-13-27-14-10-25/h1,3-4,15H,2,5-14,16-17H2,(H3,21,22,23). The van der Waals surface area contributed by atoms with Crippen molar-refractivity contribution in [1.29, 1.82) is 0 Å². The summed E-state index contributed by atoms with van der Waals surface area (Å²) in [5, 5.41) is 3.22. The third kappa shape index (κ3) is 7.46. The van der Waals surface area contributed by atoms with E-state index in [2.05, 4.69) is 44.4 Å². The Hall–Kier alpha value is -1.67. The summed E-state index contributed by atoms with van der Waals surface area (Å²) in [6.07, 6.45) is 1.06. The quantitative estimate of drug-likeness (QED) is 0.395. The van der Waals surface area contributed by atoms with Gasteiger partial charge in [0.2, 0.25) is 0 Å². The van der Waals surface area contributed by atoms with E-state index in [1.807, 2.05) is 0 Å². The van der Waals surface area contributed by atoms with E-state index < -0.39 is 0 Å². The van der Waals surface area contributed by atoms with Crippen LogP contribution >= 0.6 is 0 Å². The minimum atomic E-state index is 0.524. The van der Waals surface area contributed by atoms with Crippen LogP contribution in [-0.2, 0) is 22.6 Å². The number of hydrogen-bond acceptors (Lipinski definition) is 5. The normalized spacial score (nSPS) is 19.9. The lowest BCUT2D eigenvalue weighted by atomic mass is 10.1. The summed E-state index contributed by atoms with van der Waals surface area (Å²) in [5.41, 5.74) is 8.53. The highest BCUT2D eigenvalue weighted by atomic mass is 16.5. The summed E-state index contributed by atoms with van der Waals surface area (Å²) >= 11 is 0. The molecule has 2 aliphatic heterocycles. The number of guanidine groups is 1. The van der Waals surface area contributed by atoms with Crippen molar-refractivity contribution in [3.63, 3.8) is 0 Å². The number of hydrogen-bond donors (Lipinski definition) is 2. The minimum absolute atomic E-state index is 0.524. The molecule has 0 unspecified atom stereocenters. The monoisotopic (exact) mass is 375 g/mol. The highest BCUT2D eigenvalue weighted by Gasteiger charge is 2.11. The molecule has 0 spiro atoms. The zero-order valence-corrected chi connectivity index (χ0v) is 16.2. The maximum Gasteiger partial charge on any atom is 0.188 e. The van der Waals surface area contributed by atoms with Crippen LogP contribution in [0.15, 0.2) is 29.3 Å². The largest absolute Gasteiger partial charge is 0.379 e. The van der Waals surface area contributed by atoms with Crippen molar-refractivity contribution in [3.8, 4) is 0 Å². The number of benzene rings is 1. The van der Waals surface area contributed by atoms with E-state index in [1.165, 1.54) is 11.1 Å². The molecule has 0 bridgehead atoms. The zero-order chi connectivity index (χ0) is 18.7. The van der Waals surface area contributed by atoms with Crippen LogP contribution in [0.2, 0.25) is 0 Å². The molecule has 0 aliphatic carbocycles. The molecule has 7 nitrogen and oxygen atoms in total. The Kier molecular flexibility index (Phi) is 8.35. The van der Waals surface area contributed by atoms with Crippen LogP contribution in [-0.4, -0.2) is 81.5 Å². The molecule has 2 saturated heterocycles. The molecule has 2 fully saturated rings. The van der Waals surface area contributed by atoms with Crippen LogP contribution in [0.4, 0.5) is 0 Å². The highest BCUT2D eigenvalue weighted by Crippen LogP contribution is 2.10. The first kappa shape index (κ1) is 20.1. The van der Waals surface area contributed by atoms with Crippen LogP contribution in [0.25, 0.3) is 0 Å². The predicted molar refractivity (Wildman–Crippen MR) is 108 cm³/mol. The van der Waals surface area contributed by atoms with Gasteiger partial charge < -0.3 is 20.5 Å². The lowest BCUT2D eigenvalue weighted by molar-refractivity contribution is 0.0342. The van der Waals surface area contributed by atoms with Crippen LogP contribution in [0.3, 0.4) is 0 Å². The van der Waals surface area contributed by atoms with Crippen LogP contribution in [0.1, 0.15) is 17.5 Å². The summed E-state index contributed by atoms with van der Waals surface area (Å²) in [6.45, 7) is 10.9. The molecule has 0 radical (unpaired) electrons. The fourth-order valence-corrected chi connectivity index (χ4v) is 3.42. The van der Waals surface area contributed by atoms with Crippen molar-refractivity contribution in [2.75, 3.05) is 65.7 Å². The molecule has 0 aromatic heterocycles. The molecule has 0 saturated carbocycles. The molecule has 1 aromatic carbocycles. The summed E-state index contributed by atoms with van der Waals surface area (Å²) in [4.78, 5) is 9.34. The summed E-state index contributed by atoms with van der Waals surface area (Å²) in [5.74, 6) is 0.524. The van der Waals surface area contributed by atoms with Gasteiger partial charge in [-0.25, -0.2) is 4.99 Å². The Morgan fingerprint density at radius 3 is 2.41 bits per heavy atom. The summed E-state index contributed by atoms with van der Waals surface area (Å²) in [7, 11) is 0. The van der Waals surface area contributed by atoms with Gasteiger partial charge in [-0.2, -0.15) is 0 Å². The SMILES string of the molecule is NC(=NCc1cccc(CN2CCOCC2)c1)NCCCN1CCOCC1. The Labute approximate surface area is 162 Å². The second-order valence-electron chi connectivity index (χ2n) is 7.14. The van der Waals surface area contributed by atoms with Crippen molar-refractivity contribution >= 4 is 5.96 Å². The fourth-order valence-electron chi connectivity index (χ4n) is 3.42. The van der Waals surface area contributed by atoms with E-state index in [4.69, 9.17) is 15.2 Å². The average Bonchev–Trinajstić information content (AvgIpc) is 2.71. The Morgan fingerprint density at radius 2 is 1.67 bits per heavy atom. The minimum Gasteiger partial charge on any atom is -0.379 e. The molecule has 27 heavy (non-hydrogen) atoms. The second kappa shape index (κ2) is 11.2. The molecule has 1 aromatic rings. The summed E-state index contributed by atoms with van der Waals surface area (Å²) in [6, 6.07) is 8.62. The molecule has 0 atom stereocenters. The summed E-state index contributed by atoms with van der Waals surface area (Å²) < 4.78 is 10.8. The lowest BCUT2D eigenvalue weighted by Crippen LogP contribution is -2.39. The predicted octanol–water partition coefficient (Wildman–Crippen LogP) is 0.645. The van der Waals surface area contributed by atoms with Crippen molar-refractivity contribution in [3.05, 3.63) is 35.4 Å². The van der Waals surface area contributed by atoms with E-state index in [9.17, 15) is 0 Å². The fraction of sp³-hybridized carbons (Fsp3) is 0.650. The van der Waals surface area contributed by atoms with Gasteiger partial charge in [-0.05, 0) is 24.1 Å². The third-order valence-electron chi connectivity index (χ3n) is 4.99. The first-order chi connectivity index (χ1) is 13.3. The Bertz CT molecular complexity index is 583. The van der Waals surface area contributed by atoms with E-state index in [0.29, 0.717) is 12.5 Å². The van der Waals surface area contributed by atoms with Crippen LogP contribution in [0.5, 0.6) is 0 Å². The maximum atomic E-state index is 6.01. The van der Waals surface area contributed by atoms with E-state index in [-0.39, 0.29) is 0 Å². The van der Waals surface area contributed by atoms with Crippen molar-refractivity contribution < 1.29 is 9.47 Å². The van der Waals surface area contributed by atoms with Crippen LogP contribution < -0.4 is 11.1 Å². The topological polar surface area (TPSA) is 75.3 Å². The average molecular weight is 376 g/mol. The van der Waals surface area contributed by atoms with Gasteiger partial charge >= 0.3 is 0 Å². The van der Waals surface area contributed by atoms with Gasteiger partial charge in [-0.1, -0.05) is 24.3 Å². The number of ether oxygens (including phenoxy) is 2. The smallest absolute Gasteiger partial charge is 0.188 e. The van der Waals surface area contributed by atoms with Crippen molar-refractivity contribution in [2.24, 2.45) is 10.7 Å². The number of nitrogens with two attached hydrogens (primary N) is 1. The van der Waals surface area contributed by atoms with Crippen molar-refractivity contribution in [2.45, 2.75) is 19.5 Å². The van der Waals surface area contributed by atoms with E-state index in [1.54, 1.807) is 0 Å². The maximum absolute atomic E-state index is 6.01. The molecule has 150 valence electrons. The zero-order valence-electron chi connectivity index (χ0n) is 16.2. The molecule has 3 rings (SSSR count). The number of morpholine rings is 2. The number of aliphatic imine (C=N–C) groups is 1. The van der Waals surface area contributed by atoms with Gasteiger partial charge in [0.15, 0.2) is 5.96 Å². The van der Waals surface area contributed by atoms with Gasteiger partial charge in [-0.3, -0.25) is 9.80 Å². The molecule has 0 amide bonds. The van der Waals surface area contributed by atoms with Gasteiger partial charge in [0.1, 0.15) is 0 Å². The second-order valence-corrected chi connectivity index (χ2v) is 7.14. The Morgan fingerprint density at radius 1 is 1.00 bits per heavy atom. The molecule has 2 aliphatic rings. The van der Waals surface area contributed by atoms with Crippen molar-refractivity contribution in [1.82, 2.24) is 15.1 Å². The Balaban J connectivity index is 1.36. The van der Waals surface area contributed by atoms with Gasteiger partial charge in [-0.15, -0.1) is 0 Å². The number of nitrogens with zero attached hydrogens (tertiary/aromatic N) is 3. The van der Waals surface area contributed by atoms with Gasteiger partial charge in [0.25, 0.3) is 0 Å². The van der Waals surface area contributed by atoms with Gasteiger partial charge in [0, 0.05) is 39.3 Å². The molecular weight excluding hydrogens is 342 g/mol. The third-order valence-corrected chi connectivity index (χ3v) is 4.99. The van der Waals surface area contributed by atoms with Crippen LogP contribution in [0, 0.1) is 0 Å².